The standard InChI is InChI=1S/C78H151NO5/c1-3-5-7-9-11-13-15-16-17-41-44-47-51-54-58-62-66-70-76(81)75(74-80)79-77(82)71-67-63-59-55-52-48-45-42-39-37-35-33-31-29-27-25-23-21-19-18-20-22-24-26-28-30-32-34-36-38-40-43-46-49-53-57-61-65-69-73-84-78(83)72-68-64-60-56-50-14-12-10-8-6-4-2/h10,12,18-19,75-76,80-81H,3-9,11,13-17,20-74H2,1-2H3,(H,79,82)/b12-10-,19-18-. The number of unbranched alkanes of at least 4 members (excludes halogenated alkanes) is 58. The van der Waals surface area contributed by atoms with Crippen LogP contribution < -0.4 is 5.32 Å². The molecule has 0 saturated heterocycles. The van der Waals surface area contributed by atoms with E-state index in [-0.39, 0.29) is 18.5 Å². The van der Waals surface area contributed by atoms with Crippen LogP contribution >= 0.6 is 0 Å². The molecule has 498 valence electrons. The molecule has 6 nitrogen and oxygen atoms in total. The minimum Gasteiger partial charge on any atom is -0.466 e. The van der Waals surface area contributed by atoms with Crippen molar-refractivity contribution >= 4 is 11.9 Å². The van der Waals surface area contributed by atoms with E-state index in [9.17, 15) is 19.8 Å². The Kier molecular flexibility index (Phi) is 72.3. The first kappa shape index (κ1) is 82.3. The SMILES string of the molecule is CCCC/C=C\CCCCCCCC(=O)OCCCCCCCCCCCCCCCCCCCC/C=C\CCCCCCCCCCCCCCCCCCCC(=O)NC(CO)C(O)CCCCCCCCCCCCCCCCCCC. The van der Waals surface area contributed by atoms with Gasteiger partial charge in [-0.15, -0.1) is 0 Å². The molecular weight excluding hydrogens is 1030 g/mol. The predicted molar refractivity (Wildman–Crippen MR) is 370 cm³/mol. The second kappa shape index (κ2) is 73.8. The monoisotopic (exact) mass is 1180 g/mol. The molecule has 2 atom stereocenters. The number of hydrogen-bond donors (Lipinski definition) is 3. The highest BCUT2D eigenvalue weighted by Crippen LogP contribution is 2.20. The zero-order valence-electron chi connectivity index (χ0n) is 57.2. The van der Waals surface area contributed by atoms with Gasteiger partial charge < -0.3 is 20.3 Å². The molecule has 0 radical (unpaired) electrons. The molecule has 0 aromatic rings. The fraction of sp³-hybridized carbons (Fsp3) is 0.923. The van der Waals surface area contributed by atoms with Gasteiger partial charge in [-0.05, 0) is 70.6 Å². The average molecular weight is 1180 g/mol. The lowest BCUT2D eigenvalue weighted by atomic mass is 10.0. The second-order valence-corrected chi connectivity index (χ2v) is 26.7. The van der Waals surface area contributed by atoms with Crippen LogP contribution in [0.5, 0.6) is 0 Å². The lowest BCUT2D eigenvalue weighted by Crippen LogP contribution is -2.45. The van der Waals surface area contributed by atoms with Gasteiger partial charge >= 0.3 is 5.97 Å². The topological polar surface area (TPSA) is 95.9 Å². The van der Waals surface area contributed by atoms with E-state index >= 15 is 0 Å². The Morgan fingerprint density at radius 3 is 0.881 bits per heavy atom. The van der Waals surface area contributed by atoms with Crippen LogP contribution in [0.3, 0.4) is 0 Å². The van der Waals surface area contributed by atoms with E-state index in [1.807, 2.05) is 0 Å². The molecule has 2 unspecified atom stereocenters. The highest BCUT2D eigenvalue weighted by atomic mass is 16.5. The first-order chi connectivity index (χ1) is 41.5. The Hall–Kier alpha value is -1.66. The van der Waals surface area contributed by atoms with E-state index in [2.05, 4.69) is 43.5 Å². The summed E-state index contributed by atoms with van der Waals surface area (Å²) in [6.45, 7) is 4.96. The molecule has 0 rings (SSSR count). The molecule has 0 aromatic carbocycles. The Morgan fingerprint density at radius 2 is 0.571 bits per heavy atom. The summed E-state index contributed by atoms with van der Waals surface area (Å²) >= 11 is 0. The van der Waals surface area contributed by atoms with Crippen molar-refractivity contribution < 1.29 is 24.5 Å². The van der Waals surface area contributed by atoms with Crippen LogP contribution in [0.1, 0.15) is 438 Å². The third kappa shape index (κ3) is 69.4. The van der Waals surface area contributed by atoms with Crippen LogP contribution in [0.25, 0.3) is 0 Å². The zero-order chi connectivity index (χ0) is 60.6. The number of rotatable bonds is 73. The number of ether oxygens (including phenoxy) is 1. The Labute approximate surface area is 526 Å². The first-order valence-electron chi connectivity index (χ1n) is 38.6. The number of hydrogen-bond acceptors (Lipinski definition) is 5. The number of amides is 1. The summed E-state index contributed by atoms with van der Waals surface area (Å²) in [7, 11) is 0. The quantitative estimate of drug-likeness (QED) is 0.0320. The number of esters is 1. The molecule has 0 spiro atoms. The lowest BCUT2D eigenvalue weighted by Gasteiger charge is -2.22. The highest BCUT2D eigenvalue weighted by Gasteiger charge is 2.20. The largest absolute Gasteiger partial charge is 0.466 e. The van der Waals surface area contributed by atoms with Gasteiger partial charge in [-0.2, -0.15) is 0 Å². The summed E-state index contributed by atoms with van der Waals surface area (Å²) in [4.78, 5) is 24.5. The molecule has 0 bridgehead atoms. The maximum Gasteiger partial charge on any atom is 0.305 e. The molecule has 1 amide bonds. The second-order valence-electron chi connectivity index (χ2n) is 26.7. The summed E-state index contributed by atoms with van der Waals surface area (Å²) in [6, 6.07) is -0.538. The van der Waals surface area contributed by atoms with Crippen molar-refractivity contribution in [3.05, 3.63) is 24.3 Å². The van der Waals surface area contributed by atoms with Gasteiger partial charge in [0, 0.05) is 12.8 Å². The van der Waals surface area contributed by atoms with E-state index in [0.29, 0.717) is 25.9 Å². The maximum atomic E-state index is 12.5. The fourth-order valence-corrected chi connectivity index (χ4v) is 12.3. The van der Waals surface area contributed by atoms with Gasteiger partial charge in [0.05, 0.1) is 25.4 Å². The van der Waals surface area contributed by atoms with Crippen molar-refractivity contribution in [2.75, 3.05) is 13.2 Å². The molecule has 84 heavy (non-hydrogen) atoms. The summed E-state index contributed by atoms with van der Waals surface area (Å²) < 4.78 is 5.47. The van der Waals surface area contributed by atoms with Crippen molar-refractivity contribution in [3.63, 3.8) is 0 Å². The number of carbonyl (C=O) groups is 2. The van der Waals surface area contributed by atoms with E-state index in [1.54, 1.807) is 0 Å². The highest BCUT2D eigenvalue weighted by molar-refractivity contribution is 5.76. The van der Waals surface area contributed by atoms with Gasteiger partial charge in [0.25, 0.3) is 0 Å². The van der Waals surface area contributed by atoms with E-state index in [1.165, 1.54) is 360 Å². The number of carbonyl (C=O) groups excluding carboxylic acids is 2. The lowest BCUT2D eigenvalue weighted by molar-refractivity contribution is -0.143. The predicted octanol–water partition coefficient (Wildman–Crippen LogP) is 25.3. The van der Waals surface area contributed by atoms with Crippen LogP contribution in [-0.2, 0) is 14.3 Å². The van der Waals surface area contributed by atoms with E-state index in [0.717, 1.165) is 44.9 Å². The van der Waals surface area contributed by atoms with Crippen LogP contribution in [0, 0.1) is 0 Å². The van der Waals surface area contributed by atoms with Crippen molar-refractivity contribution in [2.24, 2.45) is 0 Å². The molecule has 3 N–H and O–H groups in total. The first-order valence-corrected chi connectivity index (χ1v) is 38.6. The molecule has 0 heterocycles. The number of allylic oxidation sites excluding steroid dienone is 4. The van der Waals surface area contributed by atoms with E-state index in [4.69, 9.17) is 4.74 Å². The van der Waals surface area contributed by atoms with Crippen molar-refractivity contribution in [3.8, 4) is 0 Å². The number of aliphatic hydroxyl groups is 2. The smallest absolute Gasteiger partial charge is 0.305 e. The summed E-state index contributed by atoms with van der Waals surface area (Å²) in [6.07, 6.45) is 94.2. The molecular formula is C78H151NO5. The number of aliphatic hydroxyl groups excluding tert-OH is 2. The van der Waals surface area contributed by atoms with Gasteiger partial charge in [-0.3, -0.25) is 9.59 Å². The zero-order valence-corrected chi connectivity index (χ0v) is 57.2. The molecule has 0 fully saturated rings. The summed E-state index contributed by atoms with van der Waals surface area (Å²) in [5.74, 6) is -0.0145. The van der Waals surface area contributed by atoms with Gasteiger partial charge in [0.1, 0.15) is 0 Å². The average Bonchev–Trinajstić information content (AvgIpc) is 3.51. The van der Waals surface area contributed by atoms with Crippen LogP contribution in [0.15, 0.2) is 24.3 Å². The summed E-state index contributed by atoms with van der Waals surface area (Å²) in [5.41, 5.74) is 0. The van der Waals surface area contributed by atoms with Crippen molar-refractivity contribution in [1.82, 2.24) is 5.32 Å². The third-order valence-corrected chi connectivity index (χ3v) is 18.2. The summed E-state index contributed by atoms with van der Waals surface area (Å²) in [5, 5.41) is 23.4. The third-order valence-electron chi connectivity index (χ3n) is 18.2. The molecule has 0 aliphatic carbocycles. The van der Waals surface area contributed by atoms with Crippen molar-refractivity contribution in [2.45, 2.75) is 450 Å². The van der Waals surface area contributed by atoms with Crippen LogP contribution in [0.2, 0.25) is 0 Å². The molecule has 0 aliphatic rings. The normalized spacial score (nSPS) is 12.6. The minimum atomic E-state index is -0.661. The molecule has 0 aliphatic heterocycles. The maximum absolute atomic E-state index is 12.5. The molecule has 0 saturated carbocycles. The molecule has 0 aromatic heterocycles. The molecule has 6 heteroatoms. The Morgan fingerprint density at radius 1 is 0.321 bits per heavy atom. The number of nitrogens with one attached hydrogen (secondary N) is 1. The van der Waals surface area contributed by atoms with Crippen molar-refractivity contribution in [1.29, 1.82) is 0 Å². The van der Waals surface area contributed by atoms with Gasteiger partial charge in [-0.25, -0.2) is 0 Å². The minimum absolute atomic E-state index is 0.0119. The van der Waals surface area contributed by atoms with Crippen LogP contribution in [-0.4, -0.2) is 47.4 Å². The fourth-order valence-electron chi connectivity index (χ4n) is 12.3. The van der Waals surface area contributed by atoms with Gasteiger partial charge in [0.2, 0.25) is 5.91 Å². The Balaban J connectivity index is 3.32. The van der Waals surface area contributed by atoms with Crippen LogP contribution in [0.4, 0.5) is 0 Å². The Bertz CT molecular complexity index is 1320. The van der Waals surface area contributed by atoms with Gasteiger partial charge in [-0.1, -0.05) is 378 Å². The van der Waals surface area contributed by atoms with Gasteiger partial charge in [0.15, 0.2) is 0 Å². The van der Waals surface area contributed by atoms with E-state index < -0.39 is 12.1 Å².